The molecule has 0 radical (unpaired) electrons. The van der Waals surface area contributed by atoms with E-state index in [1.165, 1.54) is 0 Å². The highest BCUT2D eigenvalue weighted by Gasteiger charge is 2.46. The van der Waals surface area contributed by atoms with Crippen molar-refractivity contribution >= 4 is 5.78 Å². The monoisotopic (exact) mass is 379 g/mol. The predicted octanol–water partition coefficient (Wildman–Crippen LogP) is 3.27. The molecule has 0 spiro atoms. The molecule has 5 heteroatoms. The van der Waals surface area contributed by atoms with E-state index in [1.807, 2.05) is 27.7 Å². The fourth-order valence-corrected chi connectivity index (χ4v) is 3.90. The van der Waals surface area contributed by atoms with Gasteiger partial charge in [0, 0.05) is 27.8 Å². The predicted molar refractivity (Wildman–Crippen MR) is 109 cm³/mol. The molecule has 1 aromatic carbocycles. The van der Waals surface area contributed by atoms with Gasteiger partial charge in [-0.1, -0.05) is 13.8 Å². The third-order valence-electron chi connectivity index (χ3n) is 5.73. The van der Waals surface area contributed by atoms with Crippen LogP contribution in [0.4, 0.5) is 0 Å². The molecule has 0 aliphatic heterocycles. The van der Waals surface area contributed by atoms with Crippen LogP contribution in [0, 0.1) is 30.6 Å². The SMILES string of the molecule is Cc1cc(C#N)cc(C(=O)c2c(CC3(C[OH2+])CC3)c(C)[nH]c(=O)c2C(C)C)c1. The molecular weight excluding hydrogens is 352 g/mol. The molecule has 1 aliphatic rings. The van der Waals surface area contributed by atoms with Gasteiger partial charge in [-0.25, -0.2) is 0 Å². The Hall–Kier alpha value is -2.71. The van der Waals surface area contributed by atoms with E-state index >= 15 is 0 Å². The van der Waals surface area contributed by atoms with Crippen molar-refractivity contribution in [3.05, 3.63) is 67.6 Å². The molecule has 0 atom stereocenters. The normalized spacial score (nSPS) is 14.8. The minimum atomic E-state index is -0.233. The Labute approximate surface area is 165 Å². The molecule has 5 nitrogen and oxygen atoms in total. The molecule has 3 rings (SSSR count). The Morgan fingerprint density at radius 3 is 2.50 bits per heavy atom. The number of aryl methyl sites for hydroxylation is 2. The van der Waals surface area contributed by atoms with Crippen molar-refractivity contribution in [2.24, 2.45) is 5.41 Å². The summed E-state index contributed by atoms with van der Waals surface area (Å²) in [5.74, 6) is -0.331. The average molecular weight is 379 g/mol. The molecule has 2 aromatic rings. The van der Waals surface area contributed by atoms with Crippen LogP contribution >= 0.6 is 0 Å². The first-order valence-corrected chi connectivity index (χ1v) is 9.68. The Balaban J connectivity index is 2.25. The molecule has 146 valence electrons. The van der Waals surface area contributed by atoms with Gasteiger partial charge in [0.15, 0.2) is 5.78 Å². The van der Waals surface area contributed by atoms with E-state index < -0.39 is 0 Å². The van der Waals surface area contributed by atoms with Gasteiger partial charge < -0.3 is 10.1 Å². The summed E-state index contributed by atoms with van der Waals surface area (Å²) in [7, 11) is 0. The molecule has 3 N–H and O–H groups in total. The fourth-order valence-electron chi connectivity index (χ4n) is 3.90. The van der Waals surface area contributed by atoms with Crippen LogP contribution < -0.4 is 5.56 Å². The number of nitrogens with one attached hydrogen (secondary N) is 1. The van der Waals surface area contributed by atoms with Crippen LogP contribution in [-0.2, 0) is 6.42 Å². The molecule has 0 amide bonds. The Bertz CT molecular complexity index is 1040. The molecule has 1 heterocycles. The first-order valence-electron chi connectivity index (χ1n) is 9.68. The van der Waals surface area contributed by atoms with Crippen molar-refractivity contribution in [3.63, 3.8) is 0 Å². The summed E-state index contributed by atoms with van der Waals surface area (Å²) in [4.78, 5) is 29.3. The van der Waals surface area contributed by atoms with Crippen molar-refractivity contribution < 1.29 is 9.90 Å². The number of hydrogen-bond acceptors (Lipinski definition) is 3. The molecule has 1 fully saturated rings. The van der Waals surface area contributed by atoms with E-state index in [-0.39, 0.29) is 22.7 Å². The largest absolute Gasteiger partial charge is 0.445 e. The smallest absolute Gasteiger partial charge is 0.252 e. The molecule has 0 unspecified atom stereocenters. The molecule has 1 aliphatic carbocycles. The van der Waals surface area contributed by atoms with Crippen molar-refractivity contribution in [3.8, 4) is 6.07 Å². The maximum atomic E-state index is 13.6. The van der Waals surface area contributed by atoms with E-state index in [1.54, 1.807) is 18.2 Å². The summed E-state index contributed by atoms with van der Waals surface area (Å²) in [5, 5.41) is 17.2. The lowest BCUT2D eigenvalue weighted by molar-refractivity contribution is 0.103. The van der Waals surface area contributed by atoms with Crippen molar-refractivity contribution in [1.29, 1.82) is 5.26 Å². The summed E-state index contributed by atoms with van der Waals surface area (Å²) in [6, 6.07) is 7.20. The third kappa shape index (κ3) is 3.65. The van der Waals surface area contributed by atoms with Crippen molar-refractivity contribution in [2.75, 3.05) is 6.61 Å². The number of carbonyl (C=O) groups is 1. The van der Waals surface area contributed by atoms with E-state index in [9.17, 15) is 14.9 Å². The molecule has 28 heavy (non-hydrogen) atoms. The maximum Gasteiger partial charge on any atom is 0.252 e. The lowest BCUT2D eigenvalue weighted by Gasteiger charge is -2.20. The standard InChI is InChI=1S/C23H26N2O3/c1-13(2)19-20(21(27)17-8-14(3)7-16(9-17)11-24)18(15(4)25-22(19)28)10-23(12-26)5-6-23/h7-9,13,26H,5-6,10,12H2,1-4H3,(H,25,28)/p+1. The number of rotatable bonds is 6. The number of nitriles is 1. The topological polar surface area (TPSA) is 96.6 Å². The summed E-state index contributed by atoms with van der Waals surface area (Å²) in [5.41, 5.74) is 3.88. The number of pyridine rings is 1. The van der Waals surface area contributed by atoms with Gasteiger partial charge in [-0.3, -0.25) is 9.59 Å². The summed E-state index contributed by atoms with van der Waals surface area (Å²) >= 11 is 0. The summed E-state index contributed by atoms with van der Waals surface area (Å²) < 4.78 is 0. The van der Waals surface area contributed by atoms with E-state index in [4.69, 9.17) is 5.11 Å². The fraction of sp³-hybridized carbons (Fsp3) is 0.435. The van der Waals surface area contributed by atoms with Gasteiger partial charge in [0.05, 0.1) is 11.6 Å². The highest BCUT2D eigenvalue weighted by atomic mass is 16.3. The van der Waals surface area contributed by atoms with Crippen LogP contribution in [0.5, 0.6) is 0 Å². The molecule has 0 saturated heterocycles. The second kappa shape index (κ2) is 7.37. The first kappa shape index (κ1) is 20.0. The van der Waals surface area contributed by atoms with Crippen LogP contribution in [0.2, 0.25) is 0 Å². The lowest BCUT2D eigenvalue weighted by atomic mass is 9.84. The van der Waals surface area contributed by atoms with Gasteiger partial charge in [0.2, 0.25) is 0 Å². The minimum absolute atomic E-state index is 0.0866. The number of aromatic amines is 1. The number of nitrogens with zero attached hydrogens (tertiary/aromatic N) is 1. The van der Waals surface area contributed by atoms with Gasteiger partial charge in [-0.05, 0) is 68.4 Å². The summed E-state index contributed by atoms with van der Waals surface area (Å²) in [6.07, 6.45) is 2.57. The zero-order valence-electron chi connectivity index (χ0n) is 16.9. The number of aromatic nitrogens is 1. The Morgan fingerprint density at radius 1 is 1.29 bits per heavy atom. The molecule has 1 aromatic heterocycles. The van der Waals surface area contributed by atoms with Gasteiger partial charge in [0.1, 0.15) is 6.61 Å². The minimum Gasteiger partial charge on any atom is -0.445 e. The van der Waals surface area contributed by atoms with E-state index in [0.29, 0.717) is 41.0 Å². The van der Waals surface area contributed by atoms with Gasteiger partial charge in [0.25, 0.3) is 5.56 Å². The average Bonchev–Trinajstić information content (AvgIpc) is 3.42. The second-order valence-electron chi connectivity index (χ2n) is 8.38. The van der Waals surface area contributed by atoms with Gasteiger partial charge in [-0.2, -0.15) is 5.26 Å². The number of ketones is 1. The third-order valence-corrected chi connectivity index (χ3v) is 5.73. The number of H-pyrrole nitrogens is 1. The Kier molecular flexibility index (Phi) is 5.27. The Morgan fingerprint density at radius 2 is 1.96 bits per heavy atom. The van der Waals surface area contributed by atoms with Crippen molar-refractivity contribution in [2.45, 2.75) is 52.9 Å². The van der Waals surface area contributed by atoms with Crippen LogP contribution in [0.3, 0.4) is 0 Å². The van der Waals surface area contributed by atoms with Crippen LogP contribution in [0.1, 0.15) is 76.5 Å². The maximum absolute atomic E-state index is 13.6. The van der Waals surface area contributed by atoms with Gasteiger partial charge in [-0.15, -0.1) is 0 Å². The zero-order valence-corrected chi connectivity index (χ0v) is 16.9. The quantitative estimate of drug-likeness (QED) is 0.616. The second-order valence-corrected chi connectivity index (χ2v) is 8.38. The van der Waals surface area contributed by atoms with Crippen LogP contribution in [0.15, 0.2) is 23.0 Å². The van der Waals surface area contributed by atoms with Crippen LogP contribution in [-0.4, -0.2) is 22.5 Å². The highest BCUT2D eigenvalue weighted by molar-refractivity contribution is 6.11. The lowest BCUT2D eigenvalue weighted by Crippen LogP contribution is -2.26. The van der Waals surface area contributed by atoms with E-state index in [0.717, 1.165) is 24.0 Å². The summed E-state index contributed by atoms with van der Waals surface area (Å²) in [6.45, 7) is 7.82. The zero-order chi connectivity index (χ0) is 20.6. The highest BCUT2D eigenvalue weighted by Crippen LogP contribution is 2.48. The van der Waals surface area contributed by atoms with E-state index in [2.05, 4.69) is 11.1 Å². The number of hydrogen-bond donors (Lipinski definition) is 1. The molecule has 1 saturated carbocycles. The van der Waals surface area contributed by atoms with Crippen molar-refractivity contribution in [1.82, 2.24) is 4.98 Å². The molecular formula is C23H27N2O3+. The van der Waals surface area contributed by atoms with Crippen LogP contribution in [0.25, 0.3) is 0 Å². The first-order chi connectivity index (χ1) is 13.2. The molecule has 0 bridgehead atoms. The number of benzene rings is 1. The number of carbonyl (C=O) groups excluding carboxylic acids is 1. The van der Waals surface area contributed by atoms with Gasteiger partial charge >= 0.3 is 0 Å².